The molecule has 36 heavy (non-hydrogen) atoms. The zero-order valence-corrected chi connectivity index (χ0v) is 21.0. The summed E-state index contributed by atoms with van der Waals surface area (Å²) in [5.74, 6) is 0.530. The Hall–Kier alpha value is -3.59. The van der Waals surface area contributed by atoms with E-state index in [1.54, 1.807) is 41.2 Å². The number of rotatable bonds is 12. The smallest absolute Gasteiger partial charge is 0.264 e. The highest BCUT2D eigenvalue weighted by atomic mass is 16.5. The van der Waals surface area contributed by atoms with Crippen molar-refractivity contribution in [1.82, 2.24) is 10.2 Å². The van der Waals surface area contributed by atoms with Gasteiger partial charge in [0.1, 0.15) is 6.17 Å². The number of para-hydroxylation sites is 1. The molecule has 4 rings (SSSR count). The van der Waals surface area contributed by atoms with Gasteiger partial charge in [-0.25, -0.2) is 0 Å². The van der Waals surface area contributed by atoms with E-state index in [-0.39, 0.29) is 17.7 Å². The molecule has 2 aromatic rings. The van der Waals surface area contributed by atoms with Crippen molar-refractivity contribution in [2.75, 3.05) is 45.9 Å². The van der Waals surface area contributed by atoms with Crippen LogP contribution in [0.25, 0.3) is 0 Å². The van der Waals surface area contributed by atoms with Crippen molar-refractivity contribution >= 4 is 23.4 Å². The summed E-state index contributed by atoms with van der Waals surface area (Å²) in [4.78, 5) is 42.7. The number of carbonyl (C=O) groups excluding carboxylic acids is 3. The average molecular weight is 496 g/mol. The summed E-state index contributed by atoms with van der Waals surface area (Å²) in [6.45, 7) is 1.69. The van der Waals surface area contributed by atoms with Gasteiger partial charge in [0, 0.05) is 38.8 Å². The van der Waals surface area contributed by atoms with E-state index in [1.807, 2.05) is 12.1 Å². The summed E-state index contributed by atoms with van der Waals surface area (Å²) in [5.41, 5.74) is 2.23. The van der Waals surface area contributed by atoms with Gasteiger partial charge in [-0.15, -0.1) is 0 Å². The molecule has 1 atom stereocenters. The zero-order valence-electron chi connectivity index (χ0n) is 21.0. The van der Waals surface area contributed by atoms with Gasteiger partial charge >= 0.3 is 0 Å². The monoisotopic (exact) mass is 495 g/mol. The van der Waals surface area contributed by atoms with Gasteiger partial charge in [-0.1, -0.05) is 24.6 Å². The molecule has 0 saturated carbocycles. The zero-order chi connectivity index (χ0) is 25.7. The van der Waals surface area contributed by atoms with Gasteiger partial charge in [0.15, 0.2) is 11.5 Å². The number of carbonyl (C=O) groups is 3. The van der Waals surface area contributed by atoms with Crippen LogP contribution in [0.15, 0.2) is 36.4 Å². The molecule has 0 unspecified atom stereocenters. The Morgan fingerprint density at radius 2 is 1.75 bits per heavy atom. The minimum absolute atomic E-state index is 0.0246. The fourth-order valence-electron chi connectivity index (χ4n) is 4.93. The van der Waals surface area contributed by atoms with Crippen molar-refractivity contribution in [3.05, 3.63) is 53.1 Å². The number of amides is 3. The van der Waals surface area contributed by atoms with Crippen LogP contribution in [0.5, 0.6) is 11.5 Å². The third-order valence-electron chi connectivity index (χ3n) is 6.63. The number of nitrogens with one attached hydrogen (secondary N) is 1. The third kappa shape index (κ3) is 4.75. The van der Waals surface area contributed by atoms with Gasteiger partial charge in [-0.2, -0.15) is 0 Å². The second kappa shape index (κ2) is 11.4. The van der Waals surface area contributed by atoms with Crippen LogP contribution in [0, 0.1) is 0 Å². The van der Waals surface area contributed by atoms with E-state index >= 15 is 0 Å². The van der Waals surface area contributed by atoms with Gasteiger partial charge in [0.25, 0.3) is 11.8 Å². The van der Waals surface area contributed by atoms with Crippen LogP contribution in [-0.4, -0.2) is 63.6 Å². The first-order valence-corrected chi connectivity index (χ1v) is 12.3. The van der Waals surface area contributed by atoms with E-state index in [2.05, 4.69) is 5.32 Å². The molecule has 0 bridgehead atoms. The summed E-state index contributed by atoms with van der Waals surface area (Å²) in [5, 5.41) is 2.89. The molecule has 9 heteroatoms. The van der Waals surface area contributed by atoms with Gasteiger partial charge in [0.05, 0.1) is 31.0 Å². The molecule has 2 aromatic carbocycles. The summed E-state index contributed by atoms with van der Waals surface area (Å²) >= 11 is 0. The molecular weight excluding hydrogens is 462 g/mol. The Labute approximate surface area is 211 Å². The van der Waals surface area contributed by atoms with Crippen molar-refractivity contribution < 1.29 is 28.6 Å². The van der Waals surface area contributed by atoms with Crippen molar-refractivity contribution in [3.63, 3.8) is 0 Å². The fourth-order valence-corrected chi connectivity index (χ4v) is 4.93. The number of fused-ring (bicyclic) bond motifs is 5. The summed E-state index contributed by atoms with van der Waals surface area (Å²) < 4.78 is 16.0. The van der Waals surface area contributed by atoms with E-state index < -0.39 is 6.17 Å². The Morgan fingerprint density at radius 1 is 0.944 bits per heavy atom. The highest BCUT2D eigenvalue weighted by Crippen LogP contribution is 2.49. The molecule has 2 aliphatic heterocycles. The topological polar surface area (TPSA) is 97.4 Å². The maximum atomic E-state index is 13.7. The van der Waals surface area contributed by atoms with Crippen LogP contribution in [0.4, 0.5) is 5.69 Å². The maximum absolute atomic E-state index is 13.7. The molecule has 0 spiro atoms. The molecule has 192 valence electrons. The molecule has 2 heterocycles. The van der Waals surface area contributed by atoms with Crippen molar-refractivity contribution in [1.29, 1.82) is 0 Å². The van der Waals surface area contributed by atoms with Crippen molar-refractivity contribution in [3.8, 4) is 11.5 Å². The molecule has 0 saturated heterocycles. The fraction of sp³-hybridized carbons (Fsp3) is 0.444. The number of anilines is 1. The van der Waals surface area contributed by atoms with Crippen LogP contribution in [0.2, 0.25) is 0 Å². The number of unbranched alkanes of at least 4 members (excludes halogenated alkanes) is 2. The van der Waals surface area contributed by atoms with E-state index in [1.165, 1.54) is 14.2 Å². The molecule has 2 aliphatic rings. The normalized spacial score (nSPS) is 15.9. The first-order chi connectivity index (χ1) is 17.5. The molecule has 3 amide bonds. The highest BCUT2D eigenvalue weighted by molar-refractivity contribution is 6.18. The summed E-state index contributed by atoms with van der Waals surface area (Å²) in [6, 6.07) is 10.8. The predicted octanol–water partition coefficient (Wildman–Crippen LogP) is 3.53. The number of benzene rings is 2. The molecule has 1 N–H and O–H groups in total. The lowest BCUT2D eigenvalue weighted by Crippen LogP contribution is -2.48. The largest absolute Gasteiger partial charge is 0.493 e. The molecule has 0 fully saturated rings. The van der Waals surface area contributed by atoms with Crippen molar-refractivity contribution in [2.45, 2.75) is 38.3 Å². The van der Waals surface area contributed by atoms with Crippen LogP contribution in [0.1, 0.15) is 64.5 Å². The minimum atomic E-state index is -0.557. The Morgan fingerprint density at radius 3 is 2.50 bits per heavy atom. The number of methoxy groups -OCH3 is 3. The molecule has 9 nitrogen and oxygen atoms in total. The second-order valence-corrected chi connectivity index (χ2v) is 8.84. The Kier molecular flexibility index (Phi) is 8.10. The first kappa shape index (κ1) is 25.5. The number of nitrogens with zero attached hydrogens (tertiary/aromatic N) is 2. The van der Waals surface area contributed by atoms with Gasteiger partial charge < -0.3 is 24.4 Å². The standard InChI is InChI=1S/C27H33N3O6/c1-34-17-9-15-28-22(31)12-5-4-8-16-29-25-19-13-14-21(35-2)24(36-3)23(19)27(33)30(25)20-11-7-6-10-18(20)26(29)32/h6-7,10-11,13-14,25H,4-5,8-9,12,15-17H2,1-3H3,(H,28,31)/t25-/m0/s1. The van der Waals surface area contributed by atoms with Crippen LogP contribution >= 0.6 is 0 Å². The highest BCUT2D eigenvalue weighted by Gasteiger charge is 2.49. The Balaban J connectivity index is 1.50. The minimum Gasteiger partial charge on any atom is -0.493 e. The van der Waals surface area contributed by atoms with E-state index in [4.69, 9.17) is 14.2 Å². The number of hydrogen-bond donors (Lipinski definition) is 1. The molecular formula is C27H33N3O6. The van der Waals surface area contributed by atoms with Gasteiger partial charge in [-0.05, 0) is 37.5 Å². The summed E-state index contributed by atoms with van der Waals surface area (Å²) in [7, 11) is 4.68. The van der Waals surface area contributed by atoms with Crippen molar-refractivity contribution in [2.24, 2.45) is 0 Å². The maximum Gasteiger partial charge on any atom is 0.264 e. The third-order valence-corrected chi connectivity index (χ3v) is 6.63. The van der Waals surface area contributed by atoms with Crippen LogP contribution in [0.3, 0.4) is 0 Å². The lowest BCUT2D eigenvalue weighted by Gasteiger charge is -2.41. The SMILES string of the molecule is COCCCNC(=O)CCCCCN1C(=O)c2ccccc2N2C(=O)c3c(ccc(OC)c3OC)[C@@H]12. The van der Waals surface area contributed by atoms with Crippen LogP contribution < -0.4 is 19.7 Å². The van der Waals surface area contributed by atoms with E-state index in [0.29, 0.717) is 60.9 Å². The lowest BCUT2D eigenvalue weighted by molar-refractivity contribution is -0.121. The Bertz CT molecular complexity index is 1130. The predicted molar refractivity (Wildman–Crippen MR) is 135 cm³/mol. The van der Waals surface area contributed by atoms with Gasteiger partial charge in [-0.3, -0.25) is 19.3 Å². The van der Waals surface area contributed by atoms with E-state index in [9.17, 15) is 14.4 Å². The van der Waals surface area contributed by atoms with Gasteiger partial charge in [0.2, 0.25) is 5.91 Å². The quantitative estimate of drug-likeness (QED) is 0.453. The molecule has 0 aliphatic carbocycles. The first-order valence-electron chi connectivity index (χ1n) is 12.3. The number of hydrogen-bond acceptors (Lipinski definition) is 6. The second-order valence-electron chi connectivity index (χ2n) is 8.84. The number of ether oxygens (including phenoxy) is 3. The molecule has 0 radical (unpaired) electrons. The molecule has 0 aromatic heterocycles. The van der Waals surface area contributed by atoms with Crippen LogP contribution in [-0.2, 0) is 9.53 Å². The van der Waals surface area contributed by atoms with E-state index in [0.717, 1.165) is 24.8 Å². The lowest BCUT2D eigenvalue weighted by atomic mass is 10.0. The summed E-state index contributed by atoms with van der Waals surface area (Å²) in [6.07, 6.45) is 2.90. The average Bonchev–Trinajstić information content (AvgIpc) is 3.19.